The molecule has 2 aliphatic heterocycles. The smallest absolute Gasteiger partial charge is 0.256 e. The molecule has 0 unspecified atom stereocenters. The van der Waals surface area contributed by atoms with Gasteiger partial charge in [-0.3, -0.25) is 9.69 Å². The van der Waals surface area contributed by atoms with Crippen molar-refractivity contribution in [1.29, 1.82) is 0 Å². The number of benzene rings is 2. The molecule has 3 aromatic rings. The summed E-state index contributed by atoms with van der Waals surface area (Å²) < 4.78 is 0. The first kappa shape index (κ1) is 16.8. The number of carbonyl (C=O) groups is 1. The van der Waals surface area contributed by atoms with Crippen LogP contribution in [0.4, 0.5) is 0 Å². The van der Waals surface area contributed by atoms with Crippen molar-refractivity contribution in [1.82, 2.24) is 14.8 Å². The van der Waals surface area contributed by atoms with Crippen molar-refractivity contribution >= 4 is 28.4 Å². The van der Waals surface area contributed by atoms with Crippen LogP contribution in [-0.4, -0.2) is 40.8 Å². The number of aromatic nitrogens is 1. The van der Waals surface area contributed by atoms with Gasteiger partial charge in [-0.25, -0.2) is 0 Å². The number of piperidine rings is 1. The van der Waals surface area contributed by atoms with Gasteiger partial charge in [-0.05, 0) is 43.1 Å². The van der Waals surface area contributed by atoms with Gasteiger partial charge in [0, 0.05) is 47.3 Å². The number of H-pyrrole nitrogens is 1. The topological polar surface area (TPSA) is 39.3 Å². The molecule has 1 N–H and O–H groups in total. The Kier molecular flexibility index (Phi) is 3.81. The monoisotopic (exact) mass is 379 g/mol. The summed E-state index contributed by atoms with van der Waals surface area (Å²) in [5.74, 6) is 0.104. The first-order valence-corrected chi connectivity index (χ1v) is 9.82. The highest BCUT2D eigenvalue weighted by molar-refractivity contribution is 6.31. The molecule has 0 atom stereocenters. The molecule has 0 aliphatic carbocycles. The summed E-state index contributed by atoms with van der Waals surface area (Å²) >= 11 is 6.06. The van der Waals surface area contributed by atoms with Crippen LogP contribution in [0.1, 0.15) is 34.3 Å². The van der Waals surface area contributed by atoms with E-state index in [9.17, 15) is 4.79 Å². The van der Waals surface area contributed by atoms with E-state index in [1.165, 1.54) is 11.1 Å². The van der Waals surface area contributed by atoms with Gasteiger partial charge in [0.2, 0.25) is 0 Å². The van der Waals surface area contributed by atoms with Crippen molar-refractivity contribution in [2.75, 3.05) is 20.1 Å². The molecule has 138 valence electrons. The fourth-order valence-electron chi connectivity index (χ4n) is 4.90. The molecule has 27 heavy (non-hydrogen) atoms. The van der Waals surface area contributed by atoms with Gasteiger partial charge in [0.25, 0.3) is 5.91 Å². The third-order valence-electron chi connectivity index (χ3n) is 6.41. The van der Waals surface area contributed by atoms with Crippen LogP contribution in [0.2, 0.25) is 5.02 Å². The summed E-state index contributed by atoms with van der Waals surface area (Å²) in [5, 5.41) is 1.61. The molecule has 0 saturated carbocycles. The number of nitrogens with zero attached hydrogens (tertiary/aromatic N) is 2. The molecule has 2 aromatic carbocycles. The largest absolute Gasteiger partial charge is 0.360 e. The summed E-state index contributed by atoms with van der Waals surface area (Å²) in [6, 6.07) is 14.4. The second-order valence-corrected chi connectivity index (χ2v) is 8.17. The molecule has 1 aromatic heterocycles. The van der Waals surface area contributed by atoms with Gasteiger partial charge in [0.15, 0.2) is 0 Å². The molecule has 1 fully saturated rings. The quantitative estimate of drug-likeness (QED) is 0.680. The van der Waals surface area contributed by atoms with Gasteiger partial charge < -0.3 is 9.88 Å². The Morgan fingerprint density at radius 1 is 1.15 bits per heavy atom. The highest BCUT2D eigenvalue weighted by atomic mass is 35.5. The summed E-state index contributed by atoms with van der Waals surface area (Å²) in [6.07, 6.45) is 3.76. The molecule has 1 saturated heterocycles. The molecule has 1 amide bonds. The van der Waals surface area contributed by atoms with E-state index in [0.717, 1.165) is 48.9 Å². The fourth-order valence-corrected chi connectivity index (χ4v) is 5.07. The molecule has 0 bridgehead atoms. The van der Waals surface area contributed by atoms with Crippen molar-refractivity contribution < 1.29 is 4.79 Å². The predicted molar refractivity (Wildman–Crippen MR) is 108 cm³/mol. The normalized spacial score (nSPS) is 19.0. The van der Waals surface area contributed by atoms with E-state index in [1.807, 2.05) is 29.3 Å². The average molecular weight is 380 g/mol. The van der Waals surface area contributed by atoms with E-state index in [-0.39, 0.29) is 11.4 Å². The number of halogens is 1. The number of nitrogens with one attached hydrogen (secondary N) is 1. The van der Waals surface area contributed by atoms with Crippen LogP contribution >= 0.6 is 11.6 Å². The maximum atomic E-state index is 13.1. The van der Waals surface area contributed by atoms with Crippen molar-refractivity contribution in [3.05, 3.63) is 70.4 Å². The zero-order valence-electron chi connectivity index (χ0n) is 15.3. The third-order valence-corrected chi connectivity index (χ3v) is 6.64. The summed E-state index contributed by atoms with van der Waals surface area (Å²) in [5.41, 5.74) is 4.58. The minimum atomic E-state index is 0.0705. The van der Waals surface area contributed by atoms with Crippen LogP contribution in [0.3, 0.4) is 0 Å². The molecular formula is C22H22ClN3O. The van der Waals surface area contributed by atoms with Gasteiger partial charge >= 0.3 is 0 Å². The van der Waals surface area contributed by atoms with Gasteiger partial charge in [0.05, 0.1) is 5.56 Å². The number of aromatic amines is 1. The maximum absolute atomic E-state index is 13.1. The number of amides is 1. The zero-order valence-corrected chi connectivity index (χ0v) is 16.1. The van der Waals surface area contributed by atoms with Crippen LogP contribution in [-0.2, 0) is 12.1 Å². The second-order valence-electron chi connectivity index (χ2n) is 7.73. The Balaban J connectivity index is 1.40. The molecule has 5 heteroatoms. The number of rotatable bonds is 1. The lowest BCUT2D eigenvalue weighted by molar-refractivity contribution is 0.0383. The first-order chi connectivity index (χ1) is 13.1. The summed E-state index contributed by atoms with van der Waals surface area (Å²) in [6.45, 7) is 2.54. The van der Waals surface area contributed by atoms with E-state index >= 15 is 0 Å². The van der Waals surface area contributed by atoms with E-state index in [4.69, 9.17) is 11.6 Å². The van der Waals surface area contributed by atoms with Crippen molar-refractivity contribution in [3.8, 4) is 0 Å². The minimum absolute atomic E-state index is 0.0705. The average Bonchev–Trinajstić information content (AvgIpc) is 3.21. The molecular weight excluding hydrogens is 358 g/mol. The van der Waals surface area contributed by atoms with E-state index < -0.39 is 0 Å². The number of carbonyl (C=O) groups excluding carboxylic acids is 1. The van der Waals surface area contributed by atoms with Gasteiger partial charge in [0.1, 0.15) is 0 Å². The van der Waals surface area contributed by atoms with Crippen molar-refractivity contribution in [2.24, 2.45) is 0 Å². The Hall–Kier alpha value is -2.30. The number of hydrogen-bond acceptors (Lipinski definition) is 2. The molecule has 5 rings (SSSR count). The Labute approximate surface area is 163 Å². The highest BCUT2D eigenvalue weighted by Crippen LogP contribution is 2.45. The number of likely N-dealkylation sites (tertiary alicyclic amines) is 1. The first-order valence-electron chi connectivity index (χ1n) is 9.44. The van der Waals surface area contributed by atoms with Crippen LogP contribution in [0.15, 0.2) is 48.7 Å². The van der Waals surface area contributed by atoms with Gasteiger partial charge in [-0.15, -0.1) is 0 Å². The molecule has 0 radical (unpaired) electrons. The van der Waals surface area contributed by atoms with Crippen LogP contribution < -0.4 is 0 Å². The van der Waals surface area contributed by atoms with E-state index in [0.29, 0.717) is 5.02 Å². The summed E-state index contributed by atoms with van der Waals surface area (Å²) in [7, 11) is 2.21. The zero-order chi connectivity index (χ0) is 18.6. The molecule has 4 nitrogen and oxygen atoms in total. The van der Waals surface area contributed by atoms with Gasteiger partial charge in [-0.2, -0.15) is 0 Å². The maximum Gasteiger partial charge on any atom is 0.256 e. The Morgan fingerprint density at radius 3 is 2.74 bits per heavy atom. The number of hydrogen-bond donors (Lipinski definition) is 1. The number of fused-ring (bicyclic) bond motifs is 3. The molecule has 3 heterocycles. The lowest BCUT2D eigenvalue weighted by Gasteiger charge is -2.44. The lowest BCUT2D eigenvalue weighted by Crippen LogP contribution is -2.50. The van der Waals surface area contributed by atoms with E-state index in [2.05, 4.69) is 41.2 Å². The highest BCUT2D eigenvalue weighted by Gasteiger charge is 2.45. The standard InChI is InChI=1S/C22H22ClN3O/c1-25-14-15-4-2-3-5-19(15)22(25)8-10-26(11-9-22)21(27)18-13-24-20-12-16(23)6-7-17(18)20/h2-7,12-13,24H,8-11,14H2,1H3. The van der Waals surface area contributed by atoms with Gasteiger partial charge in [-0.1, -0.05) is 41.9 Å². The minimum Gasteiger partial charge on any atom is -0.360 e. The van der Waals surface area contributed by atoms with Crippen LogP contribution in [0.25, 0.3) is 10.9 Å². The Bertz CT molecular complexity index is 1030. The van der Waals surface area contributed by atoms with Crippen LogP contribution in [0.5, 0.6) is 0 Å². The Morgan fingerprint density at radius 2 is 1.93 bits per heavy atom. The predicted octanol–water partition coefficient (Wildman–Crippen LogP) is 4.40. The lowest BCUT2D eigenvalue weighted by atomic mass is 9.81. The van der Waals surface area contributed by atoms with Crippen molar-refractivity contribution in [3.63, 3.8) is 0 Å². The molecule has 1 spiro atoms. The fraction of sp³-hybridized carbons (Fsp3) is 0.318. The van der Waals surface area contributed by atoms with E-state index in [1.54, 1.807) is 0 Å². The van der Waals surface area contributed by atoms with Crippen molar-refractivity contribution in [2.45, 2.75) is 24.9 Å². The van der Waals surface area contributed by atoms with Crippen LogP contribution in [0, 0.1) is 0 Å². The second kappa shape index (κ2) is 6.11. The SMILES string of the molecule is CN1Cc2ccccc2C12CCN(C(=O)c1c[nH]c3cc(Cl)ccc13)CC2. The molecule has 2 aliphatic rings. The summed E-state index contributed by atoms with van der Waals surface area (Å²) in [4.78, 5) is 20.8. The third kappa shape index (κ3) is 2.51.